The first kappa shape index (κ1) is 17.3. The molecule has 0 N–H and O–H groups in total. The van der Waals surface area contributed by atoms with Gasteiger partial charge < -0.3 is 8.92 Å². The smallest absolute Gasteiger partial charge is 0.339 e. The molecular formula is C20H20O4S. The van der Waals surface area contributed by atoms with E-state index in [2.05, 4.69) is 0 Å². The summed E-state index contributed by atoms with van der Waals surface area (Å²) in [7, 11) is -3.96. The summed E-state index contributed by atoms with van der Waals surface area (Å²) in [5, 5.41) is 1.33. The lowest BCUT2D eigenvalue weighted by atomic mass is 10.1. The van der Waals surface area contributed by atoms with Crippen LogP contribution in [0.1, 0.15) is 18.1 Å². The number of ether oxygens (including phenoxy) is 1. The monoisotopic (exact) mass is 356 g/mol. The van der Waals surface area contributed by atoms with Crippen LogP contribution >= 0.6 is 0 Å². The van der Waals surface area contributed by atoms with E-state index in [0.717, 1.165) is 16.5 Å². The van der Waals surface area contributed by atoms with Gasteiger partial charge >= 0.3 is 10.1 Å². The lowest BCUT2D eigenvalue weighted by molar-refractivity contribution is 0.344. The largest absolute Gasteiger partial charge is 0.493 e. The normalized spacial score (nSPS) is 11.5. The van der Waals surface area contributed by atoms with Crippen molar-refractivity contribution in [2.45, 2.75) is 25.7 Å². The number of hydrogen-bond donors (Lipinski definition) is 0. The molecule has 0 radical (unpaired) electrons. The molecule has 3 rings (SSSR count). The summed E-state index contributed by atoms with van der Waals surface area (Å²) in [6.07, 6.45) is 0. The van der Waals surface area contributed by atoms with Crippen molar-refractivity contribution in [3.8, 4) is 11.5 Å². The Balaban J connectivity index is 2.10. The predicted molar refractivity (Wildman–Crippen MR) is 98.8 cm³/mol. The van der Waals surface area contributed by atoms with Crippen LogP contribution < -0.4 is 8.92 Å². The minimum Gasteiger partial charge on any atom is -0.493 e. The first-order chi connectivity index (χ1) is 11.9. The highest BCUT2D eigenvalue weighted by molar-refractivity contribution is 7.87. The number of benzene rings is 3. The lowest BCUT2D eigenvalue weighted by Gasteiger charge is -2.13. The third kappa shape index (κ3) is 3.61. The minimum atomic E-state index is -3.96. The van der Waals surface area contributed by atoms with Crippen LogP contribution in [-0.4, -0.2) is 15.0 Å². The molecule has 0 spiro atoms. The van der Waals surface area contributed by atoms with Crippen LogP contribution in [0.4, 0.5) is 0 Å². The van der Waals surface area contributed by atoms with Gasteiger partial charge in [-0.25, -0.2) is 0 Å². The summed E-state index contributed by atoms with van der Waals surface area (Å²) >= 11 is 0. The molecule has 4 nitrogen and oxygen atoms in total. The summed E-state index contributed by atoms with van der Waals surface area (Å²) in [5.74, 6) is 0.971. The second-order valence-electron chi connectivity index (χ2n) is 5.90. The molecule has 0 aromatic heterocycles. The topological polar surface area (TPSA) is 52.6 Å². The van der Waals surface area contributed by atoms with Crippen molar-refractivity contribution in [1.82, 2.24) is 0 Å². The molecule has 0 saturated carbocycles. The van der Waals surface area contributed by atoms with Gasteiger partial charge in [0, 0.05) is 10.8 Å². The Morgan fingerprint density at radius 3 is 2.16 bits per heavy atom. The zero-order chi connectivity index (χ0) is 18.0. The third-order valence-corrected chi connectivity index (χ3v) is 5.12. The average Bonchev–Trinajstić information content (AvgIpc) is 2.53. The average molecular weight is 356 g/mol. The standard InChI is InChI=1S/C20H20O4S/c1-4-23-19-9-10-20(18-8-6-5-7-17(18)19)25(21,22)24-16-12-14(2)11-15(3)13-16/h5-13H,4H2,1-3H3. The van der Waals surface area contributed by atoms with Gasteiger partial charge in [-0.2, -0.15) is 8.42 Å². The van der Waals surface area contributed by atoms with Crippen LogP contribution in [0, 0.1) is 13.8 Å². The Bertz CT molecular complexity index is 1000. The van der Waals surface area contributed by atoms with E-state index in [-0.39, 0.29) is 4.90 Å². The van der Waals surface area contributed by atoms with Crippen LogP contribution in [0.5, 0.6) is 11.5 Å². The molecule has 0 heterocycles. The summed E-state index contributed by atoms with van der Waals surface area (Å²) < 4.78 is 36.7. The highest BCUT2D eigenvalue weighted by Crippen LogP contribution is 2.32. The van der Waals surface area contributed by atoms with Gasteiger partial charge in [0.05, 0.1) is 6.61 Å². The minimum absolute atomic E-state index is 0.130. The molecule has 0 fully saturated rings. The summed E-state index contributed by atoms with van der Waals surface area (Å²) in [4.78, 5) is 0.130. The van der Waals surface area contributed by atoms with Gasteiger partial charge in [-0.05, 0) is 56.2 Å². The van der Waals surface area contributed by atoms with Gasteiger partial charge in [-0.15, -0.1) is 0 Å². The Labute approximate surface area is 148 Å². The molecule has 0 aliphatic rings. The molecule has 5 heteroatoms. The van der Waals surface area contributed by atoms with Gasteiger partial charge in [0.15, 0.2) is 0 Å². The van der Waals surface area contributed by atoms with Crippen LogP contribution in [0.15, 0.2) is 59.5 Å². The van der Waals surface area contributed by atoms with E-state index in [0.29, 0.717) is 23.5 Å². The van der Waals surface area contributed by atoms with E-state index in [1.807, 2.05) is 39.0 Å². The molecule has 0 aliphatic carbocycles. The van der Waals surface area contributed by atoms with E-state index >= 15 is 0 Å². The summed E-state index contributed by atoms with van der Waals surface area (Å²) in [6, 6.07) is 15.8. The van der Waals surface area contributed by atoms with Crippen molar-refractivity contribution in [2.75, 3.05) is 6.61 Å². The van der Waals surface area contributed by atoms with Crippen molar-refractivity contribution < 1.29 is 17.3 Å². The molecule has 0 saturated heterocycles. The van der Waals surface area contributed by atoms with Crippen molar-refractivity contribution in [3.05, 3.63) is 65.7 Å². The fraction of sp³-hybridized carbons (Fsp3) is 0.200. The van der Waals surface area contributed by atoms with Gasteiger partial charge in [0.25, 0.3) is 0 Å². The van der Waals surface area contributed by atoms with Gasteiger partial charge in [-0.3, -0.25) is 0 Å². The van der Waals surface area contributed by atoms with Crippen molar-refractivity contribution in [1.29, 1.82) is 0 Å². The zero-order valence-corrected chi connectivity index (χ0v) is 15.3. The second kappa shape index (κ2) is 6.76. The molecule has 3 aromatic carbocycles. The number of rotatable bonds is 5. The predicted octanol–water partition coefficient (Wildman–Crippen LogP) is 4.62. The van der Waals surface area contributed by atoms with Crippen molar-refractivity contribution >= 4 is 20.9 Å². The Morgan fingerprint density at radius 1 is 0.880 bits per heavy atom. The van der Waals surface area contributed by atoms with E-state index < -0.39 is 10.1 Å². The second-order valence-corrected chi connectivity index (χ2v) is 7.42. The molecule has 130 valence electrons. The Morgan fingerprint density at radius 2 is 1.52 bits per heavy atom. The van der Waals surface area contributed by atoms with E-state index in [4.69, 9.17) is 8.92 Å². The maximum Gasteiger partial charge on any atom is 0.339 e. The lowest BCUT2D eigenvalue weighted by Crippen LogP contribution is -2.11. The number of hydrogen-bond acceptors (Lipinski definition) is 4. The quantitative estimate of drug-likeness (QED) is 0.626. The molecule has 0 unspecified atom stereocenters. The van der Waals surface area contributed by atoms with Crippen molar-refractivity contribution in [2.24, 2.45) is 0 Å². The first-order valence-electron chi connectivity index (χ1n) is 8.08. The van der Waals surface area contributed by atoms with E-state index in [9.17, 15) is 8.42 Å². The van der Waals surface area contributed by atoms with Crippen LogP contribution in [0.3, 0.4) is 0 Å². The fourth-order valence-corrected chi connectivity index (χ4v) is 4.02. The van der Waals surface area contributed by atoms with Crippen molar-refractivity contribution in [3.63, 3.8) is 0 Å². The van der Waals surface area contributed by atoms with Gasteiger partial charge in [0.2, 0.25) is 0 Å². The Hall–Kier alpha value is -2.53. The number of fused-ring (bicyclic) bond motifs is 1. The van der Waals surface area contributed by atoms with Gasteiger partial charge in [0.1, 0.15) is 16.4 Å². The summed E-state index contributed by atoms with van der Waals surface area (Å²) in [5.41, 5.74) is 1.89. The van der Waals surface area contributed by atoms with E-state index in [1.165, 1.54) is 6.07 Å². The third-order valence-electron chi connectivity index (χ3n) is 3.81. The maximum atomic E-state index is 12.8. The zero-order valence-electron chi connectivity index (χ0n) is 14.4. The highest BCUT2D eigenvalue weighted by Gasteiger charge is 2.21. The van der Waals surface area contributed by atoms with E-state index in [1.54, 1.807) is 30.3 Å². The summed E-state index contributed by atoms with van der Waals surface area (Å²) in [6.45, 7) is 6.20. The highest BCUT2D eigenvalue weighted by atomic mass is 32.2. The van der Waals surface area contributed by atoms with Crippen LogP contribution in [0.25, 0.3) is 10.8 Å². The fourth-order valence-electron chi connectivity index (χ4n) is 2.90. The molecule has 0 atom stereocenters. The first-order valence-corrected chi connectivity index (χ1v) is 9.49. The SMILES string of the molecule is CCOc1ccc(S(=O)(=O)Oc2cc(C)cc(C)c2)c2ccccc12. The van der Waals surface area contributed by atoms with Gasteiger partial charge in [-0.1, -0.05) is 30.3 Å². The molecule has 3 aromatic rings. The maximum absolute atomic E-state index is 12.8. The van der Waals surface area contributed by atoms with Crippen LogP contribution in [-0.2, 0) is 10.1 Å². The van der Waals surface area contributed by atoms with Crippen LogP contribution in [0.2, 0.25) is 0 Å². The Kier molecular flexibility index (Phi) is 4.68. The molecule has 25 heavy (non-hydrogen) atoms. The molecule has 0 aliphatic heterocycles. The molecule has 0 amide bonds. The molecular weight excluding hydrogens is 336 g/mol. The molecule has 0 bridgehead atoms. The number of aryl methyl sites for hydroxylation is 2.